The van der Waals surface area contributed by atoms with E-state index in [4.69, 9.17) is 0 Å². The van der Waals surface area contributed by atoms with Crippen molar-refractivity contribution in [3.63, 3.8) is 0 Å². The number of nitrogens with one attached hydrogen (secondary N) is 1. The molecular formula is C13H26N2. The molecular weight excluding hydrogens is 184 g/mol. The van der Waals surface area contributed by atoms with Gasteiger partial charge in [-0.1, -0.05) is 13.8 Å². The maximum absolute atomic E-state index is 3.74. The van der Waals surface area contributed by atoms with Gasteiger partial charge >= 0.3 is 0 Å². The number of fused-ring (bicyclic) bond motifs is 2. The van der Waals surface area contributed by atoms with Crippen LogP contribution in [-0.2, 0) is 0 Å². The van der Waals surface area contributed by atoms with E-state index in [1.165, 1.54) is 51.7 Å². The van der Waals surface area contributed by atoms with Crippen LogP contribution in [0.15, 0.2) is 0 Å². The van der Waals surface area contributed by atoms with Gasteiger partial charge < -0.3 is 10.2 Å². The van der Waals surface area contributed by atoms with Gasteiger partial charge in [0.15, 0.2) is 0 Å². The van der Waals surface area contributed by atoms with Crippen LogP contribution in [0.5, 0.6) is 0 Å². The molecule has 0 saturated carbocycles. The van der Waals surface area contributed by atoms with Gasteiger partial charge in [0.1, 0.15) is 0 Å². The van der Waals surface area contributed by atoms with Crippen LogP contribution in [0.4, 0.5) is 0 Å². The van der Waals surface area contributed by atoms with Gasteiger partial charge in [0.2, 0.25) is 0 Å². The highest BCUT2D eigenvalue weighted by atomic mass is 15.2. The molecule has 1 N–H and O–H groups in total. The van der Waals surface area contributed by atoms with Crippen molar-refractivity contribution in [3.05, 3.63) is 0 Å². The molecule has 2 bridgehead atoms. The van der Waals surface area contributed by atoms with Crippen molar-refractivity contribution < 1.29 is 0 Å². The minimum Gasteiger partial charge on any atom is -0.310 e. The summed E-state index contributed by atoms with van der Waals surface area (Å²) in [5.74, 6) is 0.867. The zero-order valence-corrected chi connectivity index (χ0v) is 10.3. The second-order valence-electron chi connectivity index (χ2n) is 5.76. The number of hydrogen-bond acceptors (Lipinski definition) is 2. The number of likely N-dealkylation sites (tertiary alicyclic amines) is 1. The fourth-order valence-electron chi connectivity index (χ4n) is 2.94. The van der Waals surface area contributed by atoms with Crippen molar-refractivity contribution in [3.8, 4) is 0 Å². The molecule has 2 rings (SSSR count). The van der Waals surface area contributed by atoms with E-state index in [9.17, 15) is 0 Å². The smallest absolute Gasteiger partial charge is 0.0198 e. The van der Waals surface area contributed by atoms with Crippen LogP contribution < -0.4 is 5.32 Å². The first kappa shape index (κ1) is 11.4. The highest BCUT2D eigenvalue weighted by Gasteiger charge is 2.28. The lowest BCUT2D eigenvalue weighted by atomic mass is 10.1. The standard InChI is InChI=1S/C13H26N2/c1-11(2)4-3-8-15-9-7-12-5-6-13(10-15)14-12/h11-14H,3-10H2,1-2H3. The van der Waals surface area contributed by atoms with Crippen LogP contribution in [0.3, 0.4) is 0 Å². The van der Waals surface area contributed by atoms with Crippen molar-refractivity contribution in [2.45, 2.75) is 58.0 Å². The average molecular weight is 210 g/mol. The molecule has 2 heteroatoms. The third-order valence-electron chi connectivity index (χ3n) is 3.86. The van der Waals surface area contributed by atoms with Crippen LogP contribution in [0.25, 0.3) is 0 Å². The predicted octanol–water partition coefficient (Wildman–Crippen LogP) is 2.25. The molecule has 0 aromatic carbocycles. The Labute approximate surface area is 94.4 Å². The van der Waals surface area contributed by atoms with Gasteiger partial charge in [-0.25, -0.2) is 0 Å². The zero-order chi connectivity index (χ0) is 10.7. The Bertz CT molecular complexity index is 191. The van der Waals surface area contributed by atoms with Crippen molar-refractivity contribution >= 4 is 0 Å². The molecule has 0 spiro atoms. The quantitative estimate of drug-likeness (QED) is 0.765. The molecule has 0 aliphatic carbocycles. The topological polar surface area (TPSA) is 15.3 Å². The second kappa shape index (κ2) is 5.31. The summed E-state index contributed by atoms with van der Waals surface area (Å²) in [4.78, 5) is 2.68. The van der Waals surface area contributed by atoms with Crippen molar-refractivity contribution in [1.82, 2.24) is 10.2 Å². The molecule has 0 amide bonds. The maximum Gasteiger partial charge on any atom is 0.0198 e. The van der Waals surface area contributed by atoms with Crippen molar-refractivity contribution in [1.29, 1.82) is 0 Å². The Balaban J connectivity index is 1.69. The third-order valence-corrected chi connectivity index (χ3v) is 3.86. The number of hydrogen-bond donors (Lipinski definition) is 1. The molecule has 0 aromatic rings. The number of rotatable bonds is 4. The lowest BCUT2D eigenvalue weighted by Crippen LogP contribution is -2.35. The minimum atomic E-state index is 0.802. The molecule has 88 valence electrons. The van der Waals surface area contributed by atoms with Crippen LogP contribution in [0.2, 0.25) is 0 Å². The fraction of sp³-hybridized carbons (Fsp3) is 1.00. The molecule has 2 fully saturated rings. The van der Waals surface area contributed by atoms with E-state index in [0.717, 1.165) is 18.0 Å². The predicted molar refractivity (Wildman–Crippen MR) is 65.1 cm³/mol. The Morgan fingerprint density at radius 3 is 2.80 bits per heavy atom. The van der Waals surface area contributed by atoms with Crippen molar-refractivity contribution in [2.75, 3.05) is 19.6 Å². The van der Waals surface area contributed by atoms with Gasteiger partial charge in [0.05, 0.1) is 0 Å². The highest BCUT2D eigenvalue weighted by Crippen LogP contribution is 2.20. The second-order valence-corrected chi connectivity index (χ2v) is 5.76. The SMILES string of the molecule is CC(C)CCCN1CCC2CCC(C1)N2. The molecule has 2 nitrogen and oxygen atoms in total. The Hall–Kier alpha value is -0.0800. The van der Waals surface area contributed by atoms with Gasteiger partial charge in [-0.15, -0.1) is 0 Å². The van der Waals surface area contributed by atoms with Gasteiger partial charge in [0.25, 0.3) is 0 Å². The van der Waals surface area contributed by atoms with Gasteiger partial charge in [-0.05, 0) is 51.1 Å². The first-order valence-electron chi connectivity index (χ1n) is 6.72. The maximum atomic E-state index is 3.74. The molecule has 2 aliphatic rings. The summed E-state index contributed by atoms with van der Waals surface area (Å²) in [5, 5.41) is 3.74. The Morgan fingerprint density at radius 2 is 2.00 bits per heavy atom. The normalized spacial score (nSPS) is 32.2. The summed E-state index contributed by atoms with van der Waals surface area (Å²) >= 11 is 0. The van der Waals surface area contributed by atoms with Crippen LogP contribution in [0.1, 0.15) is 46.0 Å². The lowest BCUT2D eigenvalue weighted by molar-refractivity contribution is 0.250. The highest BCUT2D eigenvalue weighted by molar-refractivity contribution is 4.89. The van der Waals surface area contributed by atoms with Crippen LogP contribution in [-0.4, -0.2) is 36.6 Å². The summed E-state index contributed by atoms with van der Waals surface area (Å²) < 4.78 is 0. The molecule has 15 heavy (non-hydrogen) atoms. The first-order valence-corrected chi connectivity index (χ1v) is 6.72. The molecule has 2 aliphatic heterocycles. The van der Waals surface area contributed by atoms with Gasteiger partial charge in [-0.2, -0.15) is 0 Å². The minimum absolute atomic E-state index is 0.802. The molecule has 0 aromatic heterocycles. The van der Waals surface area contributed by atoms with E-state index in [2.05, 4.69) is 24.1 Å². The average Bonchev–Trinajstić information content (AvgIpc) is 2.49. The monoisotopic (exact) mass is 210 g/mol. The summed E-state index contributed by atoms with van der Waals surface area (Å²) in [6.45, 7) is 8.60. The van der Waals surface area contributed by atoms with Gasteiger partial charge in [0, 0.05) is 18.6 Å². The number of nitrogens with zero attached hydrogens (tertiary/aromatic N) is 1. The lowest BCUT2D eigenvalue weighted by Gasteiger charge is -2.24. The molecule has 0 radical (unpaired) electrons. The Morgan fingerprint density at radius 1 is 1.20 bits per heavy atom. The van der Waals surface area contributed by atoms with Gasteiger partial charge in [-0.3, -0.25) is 0 Å². The summed E-state index contributed by atoms with van der Waals surface area (Å²) in [5.41, 5.74) is 0. The van der Waals surface area contributed by atoms with E-state index in [1.54, 1.807) is 0 Å². The molecule has 2 unspecified atom stereocenters. The summed E-state index contributed by atoms with van der Waals surface area (Å²) in [7, 11) is 0. The van der Waals surface area contributed by atoms with E-state index in [1.807, 2.05) is 0 Å². The zero-order valence-electron chi connectivity index (χ0n) is 10.3. The van der Waals surface area contributed by atoms with Crippen LogP contribution >= 0.6 is 0 Å². The summed E-state index contributed by atoms with van der Waals surface area (Å²) in [6.07, 6.45) is 6.97. The first-order chi connectivity index (χ1) is 7.24. The van der Waals surface area contributed by atoms with E-state index in [-0.39, 0.29) is 0 Å². The Kier molecular flexibility index (Phi) is 4.04. The van der Waals surface area contributed by atoms with E-state index < -0.39 is 0 Å². The molecule has 2 heterocycles. The largest absolute Gasteiger partial charge is 0.310 e. The van der Waals surface area contributed by atoms with Crippen molar-refractivity contribution in [2.24, 2.45) is 5.92 Å². The van der Waals surface area contributed by atoms with E-state index in [0.29, 0.717) is 0 Å². The van der Waals surface area contributed by atoms with E-state index >= 15 is 0 Å². The van der Waals surface area contributed by atoms with Crippen LogP contribution in [0, 0.1) is 5.92 Å². The fourth-order valence-corrected chi connectivity index (χ4v) is 2.94. The summed E-state index contributed by atoms with van der Waals surface area (Å²) in [6, 6.07) is 1.64. The third kappa shape index (κ3) is 3.46. The molecule has 2 atom stereocenters. The molecule has 2 saturated heterocycles.